The summed E-state index contributed by atoms with van der Waals surface area (Å²) in [5.41, 5.74) is 2.57. The minimum atomic E-state index is 0.633. The fraction of sp³-hybridized carbons (Fsp3) is 0.182. The number of fused-ring (bicyclic) bond motifs is 1. The van der Waals surface area contributed by atoms with E-state index in [4.69, 9.17) is 23.2 Å². The topological polar surface area (TPSA) is 6.48 Å². The molecule has 0 saturated heterocycles. The number of hydrogen-bond donors (Lipinski definition) is 0. The number of hydrogen-bond acceptors (Lipinski definition) is 2. The van der Waals surface area contributed by atoms with E-state index in [1.807, 2.05) is 18.2 Å². The second-order valence-electron chi connectivity index (χ2n) is 6.56. The zero-order chi connectivity index (χ0) is 17.9. The monoisotopic (exact) mass is 382 g/mol. The van der Waals surface area contributed by atoms with E-state index in [9.17, 15) is 0 Å². The molecule has 0 radical (unpaired) electrons. The zero-order valence-corrected chi connectivity index (χ0v) is 15.9. The Morgan fingerprint density at radius 3 is 2.27 bits per heavy atom. The summed E-state index contributed by atoms with van der Waals surface area (Å²) < 4.78 is 0. The third kappa shape index (κ3) is 3.53. The zero-order valence-electron chi connectivity index (χ0n) is 14.4. The van der Waals surface area contributed by atoms with Crippen LogP contribution in [0, 0.1) is 0 Å². The highest BCUT2D eigenvalue weighted by atomic mass is 35.5. The Labute approximate surface area is 164 Å². The first-order valence-corrected chi connectivity index (χ1v) is 9.54. The van der Waals surface area contributed by atoms with Crippen molar-refractivity contribution < 1.29 is 0 Å². The maximum absolute atomic E-state index is 6.51. The number of benzene rings is 3. The highest BCUT2D eigenvalue weighted by Gasteiger charge is 2.26. The fourth-order valence-electron chi connectivity index (χ4n) is 3.45. The molecule has 0 spiro atoms. The Morgan fingerprint density at radius 2 is 1.42 bits per heavy atom. The van der Waals surface area contributed by atoms with Crippen LogP contribution >= 0.6 is 23.2 Å². The van der Waals surface area contributed by atoms with E-state index in [-0.39, 0.29) is 0 Å². The molecule has 1 aliphatic rings. The highest BCUT2D eigenvalue weighted by Crippen LogP contribution is 2.31. The van der Waals surface area contributed by atoms with Gasteiger partial charge in [0.25, 0.3) is 0 Å². The summed E-state index contributed by atoms with van der Waals surface area (Å²) >= 11 is 13.0. The Bertz CT molecular complexity index is 932. The van der Waals surface area contributed by atoms with Crippen LogP contribution in [0.1, 0.15) is 11.1 Å². The molecule has 4 rings (SSSR count). The van der Waals surface area contributed by atoms with Gasteiger partial charge in [-0.25, -0.2) is 0 Å². The van der Waals surface area contributed by atoms with Crippen molar-refractivity contribution in [3.05, 3.63) is 94.2 Å². The van der Waals surface area contributed by atoms with Gasteiger partial charge in [-0.05, 0) is 28.3 Å². The fourth-order valence-corrected chi connectivity index (χ4v) is 3.94. The Hall–Kier alpha value is -2.16. The van der Waals surface area contributed by atoms with E-state index in [0.717, 1.165) is 26.2 Å². The van der Waals surface area contributed by atoms with Gasteiger partial charge in [-0.2, -0.15) is 0 Å². The van der Waals surface area contributed by atoms with Gasteiger partial charge in [0.1, 0.15) is 10.3 Å². The number of rotatable bonds is 5. The molecule has 0 aromatic heterocycles. The Balaban J connectivity index is 1.46. The van der Waals surface area contributed by atoms with Crippen LogP contribution in [0.5, 0.6) is 0 Å². The van der Waals surface area contributed by atoms with Gasteiger partial charge < -0.3 is 9.80 Å². The molecule has 26 heavy (non-hydrogen) atoms. The van der Waals surface area contributed by atoms with Crippen molar-refractivity contribution in [1.82, 2.24) is 9.80 Å². The maximum atomic E-state index is 6.51. The molecule has 1 heterocycles. The number of halogens is 2. The normalized spacial score (nSPS) is 14.5. The van der Waals surface area contributed by atoms with Crippen LogP contribution in [-0.4, -0.2) is 23.0 Å². The van der Waals surface area contributed by atoms with Gasteiger partial charge in [-0.1, -0.05) is 96.0 Å². The molecule has 3 aromatic carbocycles. The average Bonchev–Trinajstić information content (AvgIpc) is 2.95. The van der Waals surface area contributed by atoms with Crippen molar-refractivity contribution in [2.24, 2.45) is 0 Å². The second-order valence-corrected chi connectivity index (χ2v) is 7.27. The quantitative estimate of drug-likeness (QED) is 0.517. The van der Waals surface area contributed by atoms with Crippen LogP contribution in [0.4, 0.5) is 0 Å². The lowest BCUT2D eigenvalue weighted by Gasteiger charge is -2.22. The Kier molecular flexibility index (Phi) is 5.05. The van der Waals surface area contributed by atoms with Crippen molar-refractivity contribution in [3.63, 3.8) is 0 Å². The molecule has 0 amide bonds. The highest BCUT2D eigenvalue weighted by molar-refractivity contribution is 6.38. The molecule has 0 fully saturated rings. The van der Waals surface area contributed by atoms with Crippen molar-refractivity contribution in [1.29, 1.82) is 0 Å². The Morgan fingerprint density at radius 1 is 0.731 bits per heavy atom. The molecule has 0 saturated carbocycles. The van der Waals surface area contributed by atoms with Crippen LogP contribution < -0.4 is 0 Å². The SMILES string of the molecule is ClC1=C(Cl)N(Cc2ccccc2)CN1CCc1cccc2ccccc12. The van der Waals surface area contributed by atoms with Gasteiger partial charge in [-0.3, -0.25) is 0 Å². The molecular formula is C22H20Cl2N2. The van der Waals surface area contributed by atoms with Crippen molar-refractivity contribution in [2.75, 3.05) is 13.2 Å². The largest absolute Gasteiger partial charge is 0.342 e. The summed E-state index contributed by atoms with van der Waals surface area (Å²) in [6.07, 6.45) is 0.931. The lowest BCUT2D eigenvalue weighted by Crippen LogP contribution is -2.28. The summed E-state index contributed by atoms with van der Waals surface area (Å²) in [6, 6.07) is 25.3. The molecule has 0 bridgehead atoms. The predicted molar refractivity (Wildman–Crippen MR) is 110 cm³/mol. The third-order valence-electron chi connectivity index (χ3n) is 4.81. The first kappa shape index (κ1) is 17.3. The maximum Gasteiger partial charge on any atom is 0.142 e. The first-order chi connectivity index (χ1) is 12.7. The first-order valence-electron chi connectivity index (χ1n) is 8.78. The molecule has 0 unspecified atom stereocenters. The van der Waals surface area contributed by atoms with Crippen molar-refractivity contribution >= 4 is 34.0 Å². The van der Waals surface area contributed by atoms with Gasteiger partial charge >= 0.3 is 0 Å². The molecule has 1 aliphatic heterocycles. The van der Waals surface area contributed by atoms with E-state index in [2.05, 4.69) is 64.4 Å². The standard InChI is InChI=1S/C22H20Cl2N2/c23-21-22(24)26(15-17-7-2-1-3-8-17)16-25(21)14-13-19-11-6-10-18-9-4-5-12-20(18)19/h1-12H,13-16H2. The summed E-state index contributed by atoms with van der Waals surface area (Å²) in [5.74, 6) is 0. The van der Waals surface area contributed by atoms with Crippen LogP contribution in [0.15, 0.2) is 83.1 Å². The predicted octanol–water partition coefficient (Wildman–Crippen LogP) is 5.76. The number of nitrogens with zero attached hydrogens (tertiary/aromatic N) is 2. The van der Waals surface area contributed by atoms with Crippen molar-refractivity contribution in [2.45, 2.75) is 13.0 Å². The van der Waals surface area contributed by atoms with E-state index in [0.29, 0.717) is 10.3 Å². The van der Waals surface area contributed by atoms with Gasteiger partial charge in [-0.15, -0.1) is 0 Å². The summed E-state index contributed by atoms with van der Waals surface area (Å²) in [4.78, 5) is 4.26. The van der Waals surface area contributed by atoms with E-state index >= 15 is 0 Å². The molecule has 3 aromatic rings. The summed E-state index contributed by atoms with van der Waals surface area (Å²) in [5, 5.41) is 3.86. The third-order valence-corrected chi connectivity index (χ3v) is 5.75. The van der Waals surface area contributed by atoms with Gasteiger partial charge in [0.15, 0.2) is 0 Å². The molecule has 2 nitrogen and oxygen atoms in total. The van der Waals surface area contributed by atoms with Gasteiger partial charge in [0.2, 0.25) is 0 Å². The molecule has 132 valence electrons. The molecule has 4 heteroatoms. The van der Waals surface area contributed by atoms with Crippen LogP contribution in [0.3, 0.4) is 0 Å². The van der Waals surface area contributed by atoms with Crippen LogP contribution in [0.25, 0.3) is 10.8 Å². The second kappa shape index (κ2) is 7.61. The van der Waals surface area contributed by atoms with Crippen molar-refractivity contribution in [3.8, 4) is 0 Å². The lowest BCUT2D eigenvalue weighted by molar-refractivity contribution is 0.255. The van der Waals surface area contributed by atoms with E-state index < -0.39 is 0 Å². The lowest BCUT2D eigenvalue weighted by atomic mass is 10.0. The van der Waals surface area contributed by atoms with Gasteiger partial charge in [0, 0.05) is 13.1 Å². The summed E-state index contributed by atoms with van der Waals surface area (Å²) in [6.45, 7) is 2.33. The van der Waals surface area contributed by atoms with Crippen LogP contribution in [-0.2, 0) is 13.0 Å². The minimum Gasteiger partial charge on any atom is -0.342 e. The molecule has 0 aliphatic carbocycles. The van der Waals surface area contributed by atoms with E-state index in [1.54, 1.807) is 0 Å². The van der Waals surface area contributed by atoms with Gasteiger partial charge in [0.05, 0.1) is 6.67 Å². The van der Waals surface area contributed by atoms with E-state index in [1.165, 1.54) is 21.9 Å². The molecular weight excluding hydrogens is 363 g/mol. The summed E-state index contributed by atoms with van der Waals surface area (Å²) in [7, 11) is 0. The molecule has 0 atom stereocenters. The average molecular weight is 383 g/mol. The minimum absolute atomic E-state index is 0.633. The smallest absolute Gasteiger partial charge is 0.142 e. The molecule has 0 N–H and O–H groups in total. The van der Waals surface area contributed by atoms with Crippen LogP contribution in [0.2, 0.25) is 0 Å².